The molecule has 0 saturated carbocycles. The molecule has 1 N–H and O–H groups in total. The van der Waals surface area contributed by atoms with Gasteiger partial charge in [0.05, 0.1) is 25.2 Å². The molecule has 6 nitrogen and oxygen atoms in total. The second kappa shape index (κ2) is 12.3. The Morgan fingerprint density at radius 2 is 1.64 bits per heavy atom. The number of carbonyl (C=O) groups excluding carboxylic acids is 2. The zero-order chi connectivity index (χ0) is 25.2. The van der Waals surface area contributed by atoms with E-state index in [-0.39, 0.29) is 37.2 Å². The molecule has 0 saturated heterocycles. The summed E-state index contributed by atoms with van der Waals surface area (Å²) in [7, 11) is 0. The van der Waals surface area contributed by atoms with Gasteiger partial charge in [0.25, 0.3) is 5.91 Å². The maximum Gasteiger partial charge on any atom is 0.265 e. The number of carbonyl (C=O) groups is 2. The molecule has 0 bridgehead atoms. The van der Waals surface area contributed by atoms with Crippen LogP contribution >= 0.6 is 0 Å². The van der Waals surface area contributed by atoms with Crippen molar-refractivity contribution < 1.29 is 18.7 Å². The van der Waals surface area contributed by atoms with E-state index in [1.54, 1.807) is 47.5 Å². The van der Waals surface area contributed by atoms with E-state index < -0.39 is 0 Å². The summed E-state index contributed by atoms with van der Waals surface area (Å²) in [5.41, 5.74) is 2.92. The molecule has 0 atom stereocenters. The first-order valence-electron chi connectivity index (χ1n) is 11.5. The molecule has 0 radical (unpaired) electrons. The summed E-state index contributed by atoms with van der Waals surface area (Å²) in [4.78, 5) is 31.5. The highest BCUT2D eigenvalue weighted by molar-refractivity contribution is 5.94. The predicted octanol–water partition coefficient (Wildman–Crippen LogP) is 4.69. The Bertz CT molecular complexity index is 1280. The van der Waals surface area contributed by atoms with E-state index in [1.165, 1.54) is 12.1 Å². The Morgan fingerprint density at radius 1 is 0.861 bits per heavy atom. The third-order valence-electron chi connectivity index (χ3n) is 5.44. The number of hydrogen-bond donors (Lipinski definition) is 1. The molecule has 2 amide bonds. The standard InChI is InChI=1S/C29H26FN3O3/c30-24-14-12-22(13-15-24)20-33(29(35)21-36-27-10-2-1-3-11-27)26-9-6-7-23(17-26)18-28(34)32-19-25-8-4-5-16-31-25/h1-17H,18-21H2,(H,32,34). The summed E-state index contributed by atoms with van der Waals surface area (Å²) in [6.45, 7) is 0.401. The fraction of sp³-hybridized carbons (Fsp3) is 0.138. The monoisotopic (exact) mass is 483 g/mol. The van der Waals surface area contributed by atoms with Gasteiger partial charge < -0.3 is 15.0 Å². The van der Waals surface area contributed by atoms with Crippen LogP contribution < -0.4 is 15.0 Å². The van der Waals surface area contributed by atoms with Gasteiger partial charge in [0, 0.05) is 11.9 Å². The lowest BCUT2D eigenvalue weighted by Gasteiger charge is -2.24. The number of anilines is 1. The predicted molar refractivity (Wildman–Crippen MR) is 136 cm³/mol. The summed E-state index contributed by atoms with van der Waals surface area (Å²) in [6.07, 6.45) is 1.83. The number of benzene rings is 3. The molecule has 3 aromatic carbocycles. The van der Waals surface area contributed by atoms with Crippen molar-refractivity contribution in [3.05, 3.63) is 126 Å². The molecule has 182 valence electrons. The smallest absolute Gasteiger partial charge is 0.265 e. The minimum atomic E-state index is -0.345. The lowest BCUT2D eigenvalue weighted by molar-refractivity contribution is -0.121. The van der Waals surface area contributed by atoms with Crippen molar-refractivity contribution in [1.29, 1.82) is 0 Å². The number of nitrogens with zero attached hydrogens (tertiary/aromatic N) is 2. The van der Waals surface area contributed by atoms with Crippen LogP contribution in [0.5, 0.6) is 5.75 Å². The van der Waals surface area contributed by atoms with Crippen LogP contribution in [0.15, 0.2) is 103 Å². The van der Waals surface area contributed by atoms with Gasteiger partial charge >= 0.3 is 0 Å². The minimum absolute atomic E-state index is 0.151. The molecule has 36 heavy (non-hydrogen) atoms. The van der Waals surface area contributed by atoms with Crippen LogP contribution in [0.1, 0.15) is 16.8 Å². The molecule has 4 aromatic rings. The number of ether oxygens (including phenoxy) is 1. The van der Waals surface area contributed by atoms with Crippen molar-refractivity contribution in [2.24, 2.45) is 0 Å². The van der Waals surface area contributed by atoms with Gasteiger partial charge in [0.2, 0.25) is 5.91 Å². The van der Waals surface area contributed by atoms with E-state index in [4.69, 9.17) is 4.74 Å². The Hall–Kier alpha value is -4.52. The van der Waals surface area contributed by atoms with Gasteiger partial charge in [0.15, 0.2) is 6.61 Å². The maximum atomic E-state index is 13.4. The topological polar surface area (TPSA) is 71.5 Å². The average Bonchev–Trinajstić information content (AvgIpc) is 2.91. The fourth-order valence-electron chi connectivity index (χ4n) is 3.61. The van der Waals surface area contributed by atoms with Crippen LogP contribution in [0.3, 0.4) is 0 Å². The maximum absolute atomic E-state index is 13.4. The van der Waals surface area contributed by atoms with Crippen LogP contribution in [-0.4, -0.2) is 23.4 Å². The number of nitrogens with one attached hydrogen (secondary N) is 1. The minimum Gasteiger partial charge on any atom is -0.484 e. The lowest BCUT2D eigenvalue weighted by Crippen LogP contribution is -2.34. The number of aromatic nitrogens is 1. The Labute approximate surface area is 209 Å². The van der Waals surface area contributed by atoms with E-state index in [0.717, 1.165) is 16.8 Å². The van der Waals surface area contributed by atoms with Gasteiger partial charge in [-0.3, -0.25) is 14.6 Å². The third kappa shape index (κ3) is 7.24. The second-order valence-electron chi connectivity index (χ2n) is 8.15. The van der Waals surface area contributed by atoms with E-state index in [1.807, 2.05) is 48.5 Å². The molecular formula is C29H26FN3O3. The number of para-hydroxylation sites is 1. The average molecular weight is 484 g/mol. The lowest BCUT2D eigenvalue weighted by atomic mass is 10.1. The van der Waals surface area contributed by atoms with Crippen molar-refractivity contribution in [1.82, 2.24) is 10.3 Å². The Kier molecular flexibility index (Phi) is 8.38. The molecule has 1 heterocycles. The second-order valence-corrected chi connectivity index (χ2v) is 8.15. The van der Waals surface area contributed by atoms with Gasteiger partial charge in [-0.1, -0.05) is 48.5 Å². The number of amides is 2. The number of rotatable bonds is 10. The van der Waals surface area contributed by atoms with E-state index in [9.17, 15) is 14.0 Å². The highest BCUT2D eigenvalue weighted by atomic mass is 19.1. The highest BCUT2D eigenvalue weighted by Gasteiger charge is 2.18. The van der Waals surface area contributed by atoms with E-state index >= 15 is 0 Å². The molecule has 7 heteroatoms. The van der Waals surface area contributed by atoms with Gasteiger partial charge in [-0.05, 0) is 59.7 Å². The van der Waals surface area contributed by atoms with Gasteiger partial charge in [-0.25, -0.2) is 4.39 Å². The molecule has 0 fully saturated rings. The molecule has 0 spiro atoms. The molecule has 1 aromatic heterocycles. The highest BCUT2D eigenvalue weighted by Crippen LogP contribution is 2.21. The largest absolute Gasteiger partial charge is 0.484 e. The first-order valence-corrected chi connectivity index (χ1v) is 11.5. The zero-order valence-electron chi connectivity index (χ0n) is 19.6. The summed E-state index contributed by atoms with van der Waals surface area (Å²) in [5.74, 6) is -0.171. The SMILES string of the molecule is O=C(Cc1cccc(N(Cc2ccc(F)cc2)C(=O)COc2ccccc2)c1)NCc1ccccn1. The summed E-state index contributed by atoms with van der Waals surface area (Å²) in [5, 5.41) is 2.86. The zero-order valence-corrected chi connectivity index (χ0v) is 19.6. The summed E-state index contributed by atoms with van der Waals surface area (Å²) < 4.78 is 19.1. The van der Waals surface area contributed by atoms with Crippen molar-refractivity contribution in [2.75, 3.05) is 11.5 Å². The van der Waals surface area contributed by atoms with Crippen LogP contribution in [0.4, 0.5) is 10.1 Å². The molecule has 4 rings (SSSR count). The van der Waals surface area contributed by atoms with Crippen molar-refractivity contribution in [3.8, 4) is 5.75 Å². The first-order chi connectivity index (χ1) is 17.6. The van der Waals surface area contributed by atoms with Gasteiger partial charge in [-0.15, -0.1) is 0 Å². The molecule has 0 unspecified atom stereocenters. The quantitative estimate of drug-likeness (QED) is 0.355. The number of pyridine rings is 1. The third-order valence-corrected chi connectivity index (χ3v) is 5.44. The van der Waals surface area contributed by atoms with Crippen molar-refractivity contribution >= 4 is 17.5 Å². The molecule has 0 aliphatic heterocycles. The Balaban J connectivity index is 1.47. The normalized spacial score (nSPS) is 10.5. The van der Waals surface area contributed by atoms with E-state index in [2.05, 4.69) is 10.3 Å². The first kappa shape index (κ1) is 24.6. The van der Waals surface area contributed by atoms with Crippen LogP contribution in [0.2, 0.25) is 0 Å². The van der Waals surface area contributed by atoms with Gasteiger partial charge in [0.1, 0.15) is 11.6 Å². The van der Waals surface area contributed by atoms with Gasteiger partial charge in [-0.2, -0.15) is 0 Å². The number of hydrogen-bond acceptors (Lipinski definition) is 4. The number of halogens is 1. The summed E-state index contributed by atoms with van der Waals surface area (Å²) >= 11 is 0. The van der Waals surface area contributed by atoms with Crippen molar-refractivity contribution in [2.45, 2.75) is 19.5 Å². The van der Waals surface area contributed by atoms with Crippen LogP contribution in [0.25, 0.3) is 0 Å². The Morgan fingerprint density at radius 3 is 2.39 bits per heavy atom. The molecule has 0 aliphatic rings. The molecular weight excluding hydrogens is 457 g/mol. The molecule has 0 aliphatic carbocycles. The fourth-order valence-corrected chi connectivity index (χ4v) is 3.61. The van der Waals surface area contributed by atoms with E-state index in [0.29, 0.717) is 18.0 Å². The van der Waals surface area contributed by atoms with Crippen LogP contribution in [0, 0.1) is 5.82 Å². The van der Waals surface area contributed by atoms with Crippen LogP contribution in [-0.2, 0) is 29.1 Å². The summed E-state index contributed by atoms with van der Waals surface area (Å²) in [6, 6.07) is 27.9. The van der Waals surface area contributed by atoms with Crippen molar-refractivity contribution in [3.63, 3.8) is 0 Å².